The standard InChI is InChI=1S/C15H22ClN3O/c1-4-18(5-2)8-9-19-14-7-6-12(16)10-13(14)17-15(19)11(3)20/h6-7,10-11,20H,4-5,8-9H2,1-3H3. The number of benzene rings is 1. The Labute approximate surface area is 125 Å². The summed E-state index contributed by atoms with van der Waals surface area (Å²) in [6.07, 6.45) is -0.585. The van der Waals surface area contributed by atoms with Gasteiger partial charge in [-0.15, -0.1) is 0 Å². The van der Waals surface area contributed by atoms with Crippen molar-refractivity contribution in [2.45, 2.75) is 33.4 Å². The van der Waals surface area contributed by atoms with E-state index in [0.717, 1.165) is 37.2 Å². The number of likely N-dealkylation sites (N-methyl/N-ethyl adjacent to an activating group) is 1. The highest BCUT2D eigenvalue weighted by Gasteiger charge is 2.15. The lowest BCUT2D eigenvalue weighted by molar-refractivity contribution is 0.182. The van der Waals surface area contributed by atoms with E-state index in [4.69, 9.17) is 11.6 Å². The summed E-state index contributed by atoms with van der Waals surface area (Å²) in [4.78, 5) is 6.87. The van der Waals surface area contributed by atoms with Gasteiger partial charge in [0, 0.05) is 18.1 Å². The summed E-state index contributed by atoms with van der Waals surface area (Å²) in [6.45, 7) is 9.88. The third kappa shape index (κ3) is 3.14. The van der Waals surface area contributed by atoms with E-state index in [-0.39, 0.29) is 0 Å². The molecule has 5 heteroatoms. The molecule has 110 valence electrons. The SMILES string of the molecule is CCN(CC)CCn1c(C(C)O)nc2cc(Cl)ccc21. The van der Waals surface area contributed by atoms with Crippen LogP contribution in [0.15, 0.2) is 18.2 Å². The number of rotatable bonds is 6. The maximum atomic E-state index is 9.92. The fourth-order valence-corrected chi connectivity index (χ4v) is 2.62. The van der Waals surface area contributed by atoms with E-state index >= 15 is 0 Å². The second-order valence-electron chi connectivity index (χ2n) is 4.96. The molecule has 1 heterocycles. The van der Waals surface area contributed by atoms with Gasteiger partial charge in [-0.2, -0.15) is 0 Å². The molecule has 0 amide bonds. The Morgan fingerprint density at radius 2 is 2.05 bits per heavy atom. The predicted octanol–water partition coefficient (Wildman–Crippen LogP) is 3.08. The lowest BCUT2D eigenvalue weighted by Crippen LogP contribution is -2.27. The van der Waals surface area contributed by atoms with Gasteiger partial charge in [-0.25, -0.2) is 4.98 Å². The van der Waals surface area contributed by atoms with E-state index in [0.29, 0.717) is 10.8 Å². The number of imidazole rings is 1. The van der Waals surface area contributed by atoms with Crippen molar-refractivity contribution >= 4 is 22.6 Å². The Balaban J connectivity index is 2.36. The number of hydrogen-bond donors (Lipinski definition) is 1. The topological polar surface area (TPSA) is 41.3 Å². The van der Waals surface area contributed by atoms with Crippen LogP contribution in [0.5, 0.6) is 0 Å². The van der Waals surface area contributed by atoms with Crippen molar-refractivity contribution in [3.63, 3.8) is 0 Å². The molecule has 1 aromatic carbocycles. The zero-order chi connectivity index (χ0) is 14.7. The van der Waals surface area contributed by atoms with Crippen LogP contribution in [0.25, 0.3) is 11.0 Å². The fraction of sp³-hybridized carbons (Fsp3) is 0.533. The van der Waals surface area contributed by atoms with Crippen LogP contribution in [-0.4, -0.2) is 39.2 Å². The molecule has 1 N–H and O–H groups in total. The number of aliphatic hydroxyl groups excluding tert-OH is 1. The van der Waals surface area contributed by atoms with Crippen molar-refractivity contribution < 1.29 is 5.11 Å². The Morgan fingerprint density at radius 1 is 1.35 bits per heavy atom. The minimum absolute atomic E-state index is 0.585. The van der Waals surface area contributed by atoms with Crippen molar-refractivity contribution in [3.8, 4) is 0 Å². The van der Waals surface area contributed by atoms with Gasteiger partial charge in [0.2, 0.25) is 0 Å². The van der Waals surface area contributed by atoms with Gasteiger partial charge in [0.1, 0.15) is 11.9 Å². The molecular weight excluding hydrogens is 274 g/mol. The molecule has 0 aliphatic rings. The van der Waals surface area contributed by atoms with Gasteiger partial charge in [0.05, 0.1) is 11.0 Å². The van der Waals surface area contributed by atoms with Gasteiger partial charge >= 0.3 is 0 Å². The summed E-state index contributed by atoms with van der Waals surface area (Å²) >= 11 is 6.01. The van der Waals surface area contributed by atoms with Crippen LogP contribution in [0, 0.1) is 0 Å². The van der Waals surface area contributed by atoms with Gasteiger partial charge in [-0.1, -0.05) is 25.4 Å². The van der Waals surface area contributed by atoms with Gasteiger partial charge in [0.15, 0.2) is 0 Å². The van der Waals surface area contributed by atoms with Crippen molar-refractivity contribution in [3.05, 3.63) is 29.0 Å². The summed E-state index contributed by atoms with van der Waals surface area (Å²) in [7, 11) is 0. The largest absolute Gasteiger partial charge is 0.385 e. The summed E-state index contributed by atoms with van der Waals surface area (Å²) < 4.78 is 2.09. The van der Waals surface area contributed by atoms with Crippen LogP contribution in [0.3, 0.4) is 0 Å². The minimum Gasteiger partial charge on any atom is -0.385 e. The summed E-state index contributed by atoms with van der Waals surface area (Å²) in [5.74, 6) is 0.703. The highest BCUT2D eigenvalue weighted by Crippen LogP contribution is 2.23. The highest BCUT2D eigenvalue weighted by molar-refractivity contribution is 6.31. The molecule has 0 spiro atoms. The zero-order valence-corrected chi connectivity index (χ0v) is 13.1. The maximum absolute atomic E-state index is 9.92. The summed E-state index contributed by atoms with van der Waals surface area (Å²) in [6, 6.07) is 5.68. The maximum Gasteiger partial charge on any atom is 0.138 e. The molecule has 0 saturated heterocycles. The average Bonchev–Trinajstić information content (AvgIpc) is 2.78. The average molecular weight is 296 g/mol. The van der Waals surface area contributed by atoms with Gasteiger partial charge in [0.25, 0.3) is 0 Å². The van der Waals surface area contributed by atoms with Crippen molar-refractivity contribution in [1.29, 1.82) is 0 Å². The van der Waals surface area contributed by atoms with E-state index < -0.39 is 6.10 Å². The Morgan fingerprint density at radius 3 is 2.65 bits per heavy atom. The first-order valence-electron chi connectivity index (χ1n) is 7.12. The van der Waals surface area contributed by atoms with Crippen molar-refractivity contribution in [2.75, 3.05) is 19.6 Å². The van der Waals surface area contributed by atoms with Crippen LogP contribution in [-0.2, 0) is 6.54 Å². The molecule has 1 unspecified atom stereocenters. The van der Waals surface area contributed by atoms with Crippen LogP contribution in [0.2, 0.25) is 5.02 Å². The molecule has 0 aliphatic heterocycles. The first kappa shape index (κ1) is 15.3. The van der Waals surface area contributed by atoms with Gasteiger partial charge in [-0.3, -0.25) is 0 Å². The predicted molar refractivity (Wildman–Crippen MR) is 83.2 cm³/mol. The molecule has 0 aliphatic carbocycles. The highest BCUT2D eigenvalue weighted by atomic mass is 35.5. The molecule has 2 rings (SSSR count). The first-order chi connectivity index (χ1) is 9.56. The van der Waals surface area contributed by atoms with E-state index in [9.17, 15) is 5.11 Å². The normalized spacial score (nSPS) is 13.3. The van der Waals surface area contributed by atoms with E-state index in [1.807, 2.05) is 18.2 Å². The molecule has 0 saturated carbocycles. The Bertz CT molecular complexity index is 576. The third-order valence-corrected chi connectivity index (χ3v) is 3.88. The van der Waals surface area contributed by atoms with Crippen LogP contribution < -0.4 is 0 Å². The number of nitrogens with zero attached hydrogens (tertiary/aromatic N) is 3. The molecule has 20 heavy (non-hydrogen) atoms. The molecule has 0 radical (unpaired) electrons. The van der Waals surface area contributed by atoms with Crippen LogP contribution >= 0.6 is 11.6 Å². The van der Waals surface area contributed by atoms with Crippen molar-refractivity contribution in [1.82, 2.24) is 14.5 Å². The lowest BCUT2D eigenvalue weighted by Gasteiger charge is -2.19. The molecule has 1 aromatic heterocycles. The zero-order valence-electron chi connectivity index (χ0n) is 12.3. The third-order valence-electron chi connectivity index (χ3n) is 3.65. The molecule has 0 fully saturated rings. The lowest BCUT2D eigenvalue weighted by atomic mass is 10.3. The molecule has 2 aromatic rings. The molecule has 1 atom stereocenters. The Kier molecular flexibility index (Phi) is 5.02. The fourth-order valence-electron chi connectivity index (χ4n) is 2.46. The molecular formula is C15H22ClN3O. The number of aromatic nitrogens is 2. The quantitative estimate of drug-likeness (QED) is 0.890. The summed E-state index contributed by atoms with van der Waals surface area (Å²) in [5, 5.41) is 10.6. The van der Waals surface area contributed by atoms with E-state index in [1.165, 1.54) is 0 Å². The summed E-state index contributed by atoms with van der Waals surface area (Å²) in [5.41, 5.74) is 1.87. The molecule has 0 bridgehead atoms. The van der Waals surface area contributed by atoms with E-state index in [2.05, 4.69) is 28.3 Å². The number of fused-ring (bicyclic) bond motifs is 1. The minimum atomic E-state index is -0.585. The van der Waals surface area contributed by atoms with Crippen molar-refractivity contribution in [2.24, 2.45) is 0 Å². The Hall–Kier alpha value is -1.10. The number of hydrogen-bond acceptors (Lipinski definition) is 3. The van der Waals surface area contributed by atoms with E-state index in [1.54, 1.807) is 6.92 Å². The molecule has 4 nitrogen and oxygen atoms in total. The second-order valence-corrected chi connectivity index (χ2v) is 5.39. The van der Waals surface area contributed by atoms with Gasteiger partial charge < -0.3 is 14.6 Å². The van der Waals surface area contributed by atoms with Crippen LogP contribution in [0.4, 0.5) is 0 Å². The smallest absolute Gasteiger partial charge is 0.138 e. The van der Waals surface area contributed by atoms with Crippen LogP contribution in [0.1, 0.15) is 32.7 Å². The monoisotopic (exact) mass is 295 g/mol. The van der Waals surface area contributed by atoms with Gasteiger partial charge in [-0.05, 0) is 38.2 Å². The first-order valence-corrected chi connectivity index (χ1v) is 7.50. The number of halogens is 1. The number of aliphatic hydroxyl groups is 1. The second kappa shape index (κ2) is 6.57.